The summed E-state index contributed by atoms with van der Waals surface area (Å²) < 4.78 is 5.59. The lowest BCUT2D eigenvalue weighted by atomic mass is 10.1. The van der Waals surface area contributed by atoms with E-state index in [1.807, 2.05) is 12.1 Å². The molecule has 1 unspecified atom stereocenters. The summed E-state index contributed by atoms with van der Waals surface area (Å²) >= 11 is 11.8. The fourth-order valence-electron chi connectivity index (χ4n) is 2.66. The van der Waals surface area contributed by atoms with Gasteiger partial charge in [0.2, 0.25) is 5.91 Å². The van der Waals surface area contributed by atoms with E-state index in [2.05, 4.69) is 12.2 Å². The zero-order valence-electron chi connectivity index (χ0n) is 16.7. The molecular formula is C22H26Cl2N2O3. The molecule has 0 aliphatic rings. The first-order chi connectivity index (χ1) is 13.9. The molecule has 0 aliphatic carbocycles. The van der Waals surface area contributed by atoms with Gasteiger partial charge < -0.3 is 15.0 Å². The lowest BCUT2D eigenvalue weighted by Crippen LogP contribution is -2.49. The van der Waals surface area contributed by atoms with Gasteiger partial charge in [0.25, 0.3) is 5.91 Å². The third-order valence-electron chi connectivity index (χ3n) is 4.44. The Morgan fingerprint density at radius 2 is 1.62 bits per heavy atom. The molecule has 0 saturated carbocycles. The van der Waals surface area contributed by atoms with Crippen LogP contribution in [0, 0.1) is 0 Å². The quantitative estimate of drug-likeness (QED) is 0.548. The van der Waals surface area contributed by atoms with Crippen molar-refractivity contribution >= 4 is 35.0 Å². The van der Waals surface area contributed by atoms with Crippen molar-refractivity contribution in [1.29, 1.82) is 0 Å². The Hall–Kier alpha value is -2.24. The SMILES string of the molecule is CCCCNC(=O)C(C)N(Cc1ccc(Cl)cc1)C(=O)COc1ccc(Cl)cc1. The Labute approximate surface area is 181 Å². The van der Waals surface area contributed by atoms with E-state index in [0.717, 1.165) is 18.4 Å². The molecule has 0 bridgehead atoms. The fraction of sp³-hybridized carbons (Fsp3) is 0.364. The normalized spacial score (nSPS) is 11.6. The van der Waals surface area contributed by atoms with E-state index in [0.29, 0.717) is 22.3 Å². The highest BCUT2D eigenvalue weighted by molar-refractivity contribution is 6.30. The monoisotopic (exact) mass is 436 g/mol. The Balaban J connectivity index is 2.08. The predicted octanol–water partition coefficient (Wildman–Crippen LogP) is 4.71. The number of hydrogen-bond acceptors (Lipinski definition) is 3. The largest absolute Gasteiger partial charge is 0.484 e. The third-order valence-corrected chi connectivity index (χ3v) is 4.94. The molecule has 29 heavy (non-hydrogen) atoms. The second-order valence-electron chi connectivity index (χ2n) is 6.71. The number of amides is 2. The molecule has 0 spiro atoms. The molecule has 0 fully saturated rings. The van der Waals surface area contributed by atoms with Crippen molar-refractivity contribution in [3.8, 4) is 5.75 Å². The predicted molar refractivity (Wildman–Crippen MR) is 116 cm³/mol. The number of nitrogens with zero attached hydrogens (tertiary/aromatic N) is 1. The molecule has 0 aromatic heterocycles. The minimum Gasteiger partial charge on any atom is -0.484 e. The molecule has 1 N–H and O–H groups in total. The van der Waals surface area contributed by atoms with Crippen molar-refractivity contribution in [1.82, 2.24) is 10.2 Å². The number of benzene rings is 2. The minimum atomic E-state index is -0.635. The fourth-order valence-corrected chi connectivity index (χ4v) is 2.92. The van der Waals surface area contributed by atoms with Gasteiger partial charge in [0.05, 0.1) is 0 Å². The second-order valence-corrected chi connectivity index (χ2v) is 7.58. The van der Waals surface area contributed by atoms with E-state index in [4.69, 9.17) is 27.9 Å². The summed E-state index contributed by atoms with van der Waals surface area (Å²) in [5.74, 6) is 0.0644. The number of ether oxygens (including phenoxy) is 1. The van der Waals surface area contributed by atoms with Crippen LogP contribution in [-0.2, 0) is 16.1 Å². The molecule has 0 saturated heterocycles. The molecule has 2 rings (SSSR count). The summed E-state index contributed by atoms with van der Waals surface area (Å²) in [6.45, 7) is 4.46. The van der Waals surface area contributed by atoms with Crippen LogP contribution in [0.4, 0.5) is 0 Å². The number of hydrogen-bond donors (Lipinski definition) is 1. The first-order valence-electron chi connectivity index (χ1n) is 9.60. The molecule has 156 valence electrons. The summed E-state index contributed by atoms with van der Waals surface area (Å²) in [6.07, 6.45) is 1.88. The average molecular weight is 437 g/mol. The van der Waals surface area contributed by atoms with Crippen LogP contribution in [-0.4, -0.2) is 35.9 Å². The average Bonchev–Trinajstić information content (AvgIpc) is 2.72. The van der Waals surface area contributed by atoms with Crippen LogP contribution < -0.4 is 10.1 Å². The number of nitrogens with one attached hydrogen (secondary N) is 1. The number of carbonyl (C=O) groups is 2. The van der Waals surface area contributed by atoms with Crippen molar-refractivity contribution in [3.05, 3.63) is 64.1 Å². The Morgan fingerprint density at radius 3 is 2.21 bits per heavy atom. The minimum absolute atomic E-state index is 0.179. The smallest absolute Gasteiger partial charge is 0.261 e. The number of carbonyl (C=O) groups excluding carboxylic acids is 2. The van der Waals surface area contributed by atoms with Crippen molar-refractivity contribution in [3.63, 3.8) is 0 Å². The van der Waals surface area contributed by atoms with Crippen LogP contribution in [0.25, 0.3) is 0 Å². The summed E-state index contributed by atoms with van der Waals surface area (Å²) in [5.41, 5.74) is 0.877. The van der Waals surface area contributed by atoms with Gasteiger partial charge in [-0.25, -0.2) is 0 Å². The van der Waals surface area contributed by atoms with E-state index in [1.165, 1.54) is 4.90 Å². The van der Waals surface area contributed by atoms with E-state index in [-0.39, 0.29) is 25.0 Å². The molecular weight excluding hydrogens is 411 g/mol. The van der Waals surface area contributed by atoms with Crippen molar-refractivity contribution in [2.24, 2.45) is 0 Å². The van der Waals surface area contributed by atoms with Crippen LogP contribution in [0.2, 0.25) is 10.0 Å². The lowest BCUT2D eigenvalue weighted by molar-refractivity contribution is -0.142. The van der Waals surface area contributed by atoms with Crippen LogP contribution >= 0.6 is 23.2 Å². The van der Waals surface area contributed by atoms with Crippen molar-refractivity contribution < 1.29 is 14.3 Å². The highest BCUT2D eigenvalue weighted by Crippen LogP contribution is 2.17. The van der Waals surface area contributed by atoms with Gasteiger partial charge >= 0.3 is 0 Å². The maximum Gasteiger partial charge on any atom is 0.261 e. The van der Waals surface area contributed by atoms with Crippen LogP contribution in [0.3, 0.4) is 0 Å². The standard InChI is InChI=1S/C22H26Cl2N2O3/c1-3-4-13-25-22(28)16(2)26(14-17-5-7-18(23)8-6-17)21(27)15-29-20-11-9-19(24)10-12-20/h5-12,16H,3-4,13-15H2,1-2H3,(H,25,28). The zero-order chi connectivity index (χ0) is 21.2. The van der Waals surface area contributed by atoms with Crippen LogP contribution in [0.15, 0.2) is 48.5 Å². The molecule has 2 aromatic rings. The lowest BCUT2D eigenvalue weighted by Gasteiger charge is -2.28. The van der Waals surface area contributed by atoms with Crippen molar-refractivity contribution in [2.45, 2.75) is 39.3 Å². The molecule has 5 nitrogen and oxygen atoms in total. The van der Waals surface area contributed by atoms with Gasteiger partial charge in [0.15, 0.2) is 6.61 Å². The van der Waals surface area contributed by atoms with Gasteiger partial charge in [0, 0.05) is 23.1 Å². The molecule has 0 heterocycles. The zero-order valence-corrected chi connectivity index (χ0v) is 18.2. The highest BCUT2D eigenvalue weighted by atomic mass is 35.5. The molecule has 7 heteroatoms. The Kier molecular flexibility index (Phi) is 9.29. The van der Waals surface area contributed by atoms with Gasteiger partial charge in [-0.3, -0.25) is 9.59 Å². The van der Waals surface area contributed by atoms with Gasteiger partial charge in [-0.2, -0.15) is 0 Å². The van der Waals surface area contributed by atoms with Crippen LogP contribution in [0.5, 0.6) is 5.75 Å². The molecule has 0 radical (unpaired) electrons. The van der Waals surface area contributed by atoms with Gasteiger partial charge in [-0.05, 0) is 55.3 Å². The summed E-state index contributed by atoms with van der Waals surface area (Å²) in [7, 11) is 0. The molecule has 0 aliphatic heterocycles. The topological polar surface area (TPSA) is 58.6 Å². The first-order valence-corrected chi connectivity index (χ1v) is 10.4. The van der Waals surface area contributed by atoms with Gasteiger partial charge in [-0.15, -0.1) is 0 Å². The molecule has 1 atom stereocenters. The molecule has 2 aromatic carbocycles. The number of rotatable bonds is 10. The second kappa shape index (κ2) is 11.7. The summed E-state index contributed by atoms with van der Waals surface area (Å²) in [6, 6.07) is 13.3. The van der Waals surface area contributed by atoms with Gasteiger partial charge in [-0.1, -0.05) is 48.7 Å². The number of unbranched alkanes of at least 4 members (excludes halogenated alkanes) is 1. The van der Waals surface area contributed by atoms with E-state index < -0.39 is 6.04 Å². The third kappa shape index (κ3) is 7.59. The Bertz CT molecular complexity index is 795. The molecule has 2 amide bonds. The number of halogens is 2. The summed E-state index contributed by atoms with van der Waals surface area (Å²) in [4.78, 5) is 27.0. The Morgan fingerprint density at radius 1 is 1.03 bits per heavy atom. The van der Waals surface area contributed by atoms with Crippen LogP contribution in [0.1, 0.15) is 32.3 Å². The maximum absolute atomic E-state index is 12.9. The van der Waals surface area contributed by atoms with Crippen molar-refractivity contribution in [2.75, 3.05) is 13.2 Å². The maximum atomic E-state index is 12.9. The van der Waals surface area contributed by atoms with E-state index >= 15 is 0 Å². The van der Waals surface area contributed by atoms with E-state index in [9.17, 15) is 9.59 Å². The summed E-state index contributed by atoms with van der Waals surface area (Å²) in [5, 5.41) is 4.09. The van der Waals surface area contributed by atoms with E-state index in [1.54, 1.807) is 43.3 Å². The highest BCUT2D eigenvalue weighted by Gasteiger charge is 2.26. The van der Waals surface area contributed by atoms with Gasteiger partial charge in [0.1, 0.15) is 11.8 Å². The first kappa shape index (κ1) is 23.0.